The Morgan fingerprint density at radius 1 is 1.05 bits per heavy atom. The Balaban J connectivity index is 1.91. The molecular formula is C15H16N2O3. The number of amides is 2. The van der Waals surface area contributed by atoms with Gasteiger partial charge < -0.3 is 10.5 Å². The number of primary amides is 1. The molecule has 0 aliphatic carbocycles. The van der Waals surface area contributed by atoms with Crippen molar-refractivity contribution in [1.82, 2.24) is 5.06 Å². The van der Waals surface area contributed by atoms with Crippen LogP contribution in [0.15, 0.2) is 54.6 Å². The van der Waals surface area contributed by atoms with E-state index < -0.39 is 6.03 Å². The topological polar surface area (TPSA) is 75.8 Å². The summed E-state index contributed by atoms with van der Waals surface area (Å²) in [5.41, 5.74) is 5.90. The van der Waals surface area contributed by atoms with Crippen molar-refractivity contribution in [3.05, 3.63) is 60.2 Å². The number of carbonyl (C=O) groups excluding carboxylic acids is 1. The average Bonchev–Trinajstić information content (AvgIpc) is 2.47. The first kappa shape index (κ1) is 13.9. The van der Waals surface area contributed by atoms with Gasteiger partial charge in [0.1, 0.15) is 11.5 Å². The lowest BCUT2D eigenvalue weighted by molar-refractivity contribution is -0.0382. The van der Waals surface area contributed by atoms with Crippen LogP contribution in [-0.4, -0.2) is 22.8 Å². The van der Waals surface area contributed by atoms with Crippen molar-refractivity contribution in [2.24, 2.45) is 5.73 Å². The van der Waals surface area contributed by atoms with E-state index in [1.807, 2.05) is 54.6 Å². The molecule has 0 aromatic heterocycles. The van der Waals surface area contributed by atoms with Crippen LogP contribution in [0.25, 0.3) is 0 Å². The summed E-state index contributed by atoms with van der Waals surface area (Å²) in [5.74, 6) is 1.51. The largest absolute Gasteiger partial charge is 0.457 e. The minimum absolute atomic E-state index is 0.161. The standard InChI is InChI=1S/C15H16N2O3/c16-15(18)17(19)11-10-12-6-8-14(9-7-12)20-13-4-2-1-3-5-13/h1-9,19H,10-11H2,(H2,16,18). The third kappa shape index (κ3) is 4.00. The zero-order valence-electron chi connectivity index (χ0n) is 10.9. The van der Waals surface area contributed by atoms with E-state index in [2.05, 4.69) is 0 Å². The number of hydroxylamine groups is 2. The van der Waals surface area contributed by atoms with Crippen LogP contribution in [0.5, 0.6) is 11.5 Å². The Morgan fingerprint density at radius 3 is 2.25 bits per heavy atom. The molecule has 3 N–H and O–H groups in total. The third-order valence-electron chi connectivity index (χ3n) is 2.77. The van der Waals surface area contributed by atoms with Gasteiger partial charge in [-0.3, -0.25) is 5.21 Å². The minimum Gasteiger partial charge on any atom is -0.457 e. The molecule has 2 aromatic rings. The van der Waals surface area contributed by atoms with Crippen LogP contribution in [-0.2, 0) is 6.42 Å². The summed E-state index contributed by atoms with van der Waals surface area (Å²) in [4.78, 5) is 10.7. The van der Waals surface area contributed by atoms with Crippen LogP contribution in [0.2, 0.25) is 0 Å². The van der Waals surface area contributed by atoms with Crippen molar-refractivity contribution < 1.29 is 14.7 Å². The van der Waals surface area contributed by atoms with Crippen molar-refractivity contribution >= 4 is 6.03 Å². The van der Waals surface area contributed by atoms with Crippen LogP contribution < -0.4 is 10.5 Å². The summed E-state index contributed by atoms with van der Waals surface area (Å²) in [7, 11) is 0. The van der Waals surface area contributed by atoms with Gasteiger partial charge in [0, 0.05) is 0 Å². The van der Waals surface area contributed by atoms with E-state index in [0.29, 0.717) is 11.5 Å². The lowest BCUT2D eigenvalue weighted by Crippen LogP contribution is -2.34. The summed E-state index contributed by atoms with van der Waals surface area (Å²) in [6.45, 7) is 0.161. The van der Waals surface area contributed by atoms with Crippen molar-refractivity contribution in [1.29, 1.82) is 0 Å². The number of hydrogen-bond acceptors (Lipinski definition) is 3. The van der Waals surface area contributed by atoms with Gasteiger partial charge in [0.05, 0.1) is 6.54 Å². The highest BCUT2D eigenvalue weighted by Gasteiger charge is 2.05. The number of nitrogens with zero attached hydrogens (tertiary/aromatic N) is 1. The minimum atomic E-state index is -0.853. The molecule has 0 bridgehead atoms. The fraction of sp³-hybridized carbons (Fsp3) is 0.133. The van der Waals surface area contributed by atoms with Crippen molar-refractivity contribution in [2.75, 3.05) is 6.54 Å². The number of urea groups is 1. The monoisotopic (exact) mass is 272 g/mol. The lowest BCUT2D eigenvalue weighted by atomic mass is 10.1. The Hall–Kier alpha value is -2.53. The zero-order chi connectivity index (χ0) is 14.4. The second-order valence-electron chi connectivity index (χ2n) is 4.27. The highest BCUT2D eigenvalue weighted by Crippen LogP contribution is 2.21. The smallest absolute Gasteiger partial charge is 0.338 e. The van der Waals surface area contributed by atoms with E-state index in [0.717, 1.165) is 17.1 Å². The normalized spacial score (nSPS) is 10.1. The van der Waals surface area contributed by atoms with Crippen molar-refractivity contribution in [2.45, 2.75) is 6.42 Å². The van der Waals surface area contributed by atoms with Crippen LogP contribution in [0.3, 0.4) is 0 Å². The Kier molecular flexibility index (Phi) is 4.57. The van der Waals surface area contributed by atoms with Gasteiger partial charge in [-0.25, -0.2) is 9.86 Å². The number of ether oxygens (including phenoxy) is 1. The molecule has 2 amide bonds. The van der Waals surface area contributed by atoms with Crippen LogP contribution in [0.4, 0.5) is 4.79 Å². The van der Waals surface area contributed by atoms with Gasteiger partial charge in [0.15, 0.2) is 0 Å². The summed E-state index contributed by atoms with van der Waals surface area (Å²) >= 11 is 0. The van der Waals surface area contributed by atoms with Gasteiger partial charge in [0.2, 0.25) is 0 Å². The van der Waals surface area contributed by atoms with Crippen LogP contribution in [0.1, 0.15) is 5.56 Å². The van der Waals surface area contributed by atoms with Gasteiger partial charge in [-0.05, 0) is 36.2 Å². The molecule has 5 heteroatoms. The van der Waals surface area contributed by atoms with Gasteiger partial charge in [-0.1, -0.05) is 30.3 Å². The number of para-hydroxylation sites is 1. The summed E-state index contributed by atoms with van der Waals surface area (Å²) in [5, 5.41) is 9.67. The zero-order valence-corrected chi connectivity index (χ0v) is 10.9. The van der Waals surface area contributed by atoms with Crippen molar-refractivity contribution in [3.8, 4) is 11.5 Å². The number of nitrogens with two attached hydrogens (primary N) is 1. The van der Waals surface area contributed by atoms with Gasteiger partial charge in [0.25, 0.3) is 0 Å². The molecule has 20 heavy (non-hydrogen) atoms. The first-order valence-electron chi connectivity index (χ1n) is 6.23. The molecule has 0 aliphatic rings. The maximum Gasteiger partial charge on any atom is 0.338 e. The van der Waals surface area contributed by atoms with E-state index >= 15 is 0 Å². The molecule has 0 heterocycles. The second-order valence-corrected chi connectivity index (χ2v) is 4.27. The van der Waals surface area contributed by atoms with Gasteiger partial charge in [-0.2, -0.15) is 0 Å². The Labute approximate surface area is 117 Å². The number of rotatable bonds is 5. The summed E-state index contributed by atoms with van der Waals surface area (Å²) in [6, 6.07) is 16.1. The maximum atomic E-state index is 10.7. The fourth-order valence-corrected chi connectivity index (χ4v) is 1.69. The van der Waals surface area contributed by atoms with Crippen LogP contribution >= 0.6 is 0 Å². The molecule has 0 unspecified atom stereocenters. The van der Waals surface area contributed by atoms with Gasteiger partial charge >= 0.3 is 6.03 Å². The molecule has 104 valence electrons. The predicted molar refractivity (Wildman–Crippen MR) is 74.7 cm³/mol. The second kappa shape index (κ2) is 6.58. The summed E-state index contributed by atoms with van der Waals surface area (Å²) < 4.78 is 5.66. The third-order valence-corrected chi connectivity index (χ3v) is 2.77. The molecule has 0 saturated heterocycles. The Morgan fingerprint density at radius 2 is 1.65 bits per heavy atom. The highest BCUT2D eigenvalue weighted by molar-refractivity contribution is 5.70. The van der Waals surface area contributed by atoms with E-state index in [4.69, 9.17) is 10.5 Å². The molecule has 0 radical (unpaired) electrons. The first-order valence-corrected chi connectivity index (χ1v) is 6.23. The van der Waals surface area contributed by atoms with E-state index in [9.17, 15) is 10.0 Å². The molecule has 2 rings (SSSR count). The number of benzene rings is 2. The molecule has 0 spiro atoms. The first-order chi connectivity index (χ1) is 9.65. The SMILES string of the molecule is NC(=O)N(O)CCc1ccc(Oc2ccccc2)cc1. The average molecular weight is 272 g/mol. The molecule has 0 fully saturated rings. The number of hydrogen-bond donors (Lipinski definition) is 2. The molecular weight excluding hydrogens is 256 g/mol. The van der Waals surface area contributed by atoms with Gasteiger partial charge in [-0.15, -0.1) is 0 Å². The van der Waals surface area contributed by atoms with E-state index in [-0.39, 0.29) is 6.54 Å². The Bertz CT molecular complexity index is 555. The molecule has 0 aliphatic heterocycles. The molecule has 0 saturated carbocycles. The quantitative estimate of drug-likeness (QED) is 0.649. The maximum absolute atomic E-state index is 10.7. The summed E-state index contributed by atoms with van der Waals surface area (Å²) in [6.07, 6.45) is 0.519. The molecule has 5 nitrogen and oxygen atoms in total. The molecule has 2 aromatic carbocycles. The predicted octanol–water partition coefficient (Wildman–Crippen LogP) is 2.79. The van der Waals surface area contributed by atoms with E-state index in [1.54, 1.807) is 0 Å². The fourth-order valence-electron chi connectivity index (χ4n) is 1.69. The van der Waals surface area contributed by atoms with Crippen molar-refractivity contribution in [3.63, 3.8) is 0 Å². The highest BCUT2D eigenvalue weighted by atomic mass is 16.5. The number of carbonyl (C=O) groups is 1. The van der Waals surface area contributed by atoms with E-state index in [1.165, 1.54) is 0 Å². The van der Waals surface area contributed by atoms with Crippen LogP contribution in [0, 0.1) is 0 Å². The lowest BCUT2D eigenvalue weighted by Gasteiger charge is -2.11. The molecule has 0 atom stereocenters.